The van der Waals surface area contributed by atoms with Crippen LogP contribution >= 0.6 is 23.8 Å². The molecule has 0 fully saturated rings. The first-order valence-corrected chi connectivity index (χ1v) is 13.1. The van der Waals surface area contributed by atoms with Crippen LogP contribution < -0.4 is 5.32 Å². The van der Waals surface area contributed by atoms with Crippen molar-refractivity contribution in [1.82, 2.24) is 14.2 Å². The fourth-order valence-electron chi connectivity index (χ4n) is 5.12. The van der Waals surface area contributed by atoms with Crippen LogP contribution in [-0.4, -0.2) is 19.2 Å². The minimum absolute atomic E-state index is 0.658. The van der Waals surface area contributed by atoms with E-state index in [0.29, 0.717) is 4.99 Å². The van der Waals surface area contributed by atoms with E-state index in [-0.39, 0.29) is 0 Å². The predicted octanol–water partition coefficient (Wildman–Crippen LogP) is 7.86. The Morgan fingerprint density at radius 2 is 1.50 bits per heavy atom. The zero-order chi connectivity index (χ0) is 24.8. The van der Waals surface area contributed by atoms with Crippen LogP contribution in [0.4, 0.5) is 5.69 Å². The number of hydrogen-bond donors (Lipinski definition) is 1. The lowest BCUT2D eigenvalue weighted by Crippen LogP contribution is -2.15. The smallest absolute Gasteiger partial charge is 0.162 e. The summed E-state index contributed by atoms with van der Waals surface area (Å²) in [6.45, 7) is 5.13. The number of aromatic nitrogens is 3. The highest BCUT2D eigenvalue weighted by Crippen LogP contribution is 2.39. The number of thiocarbonyl (C=S) groups is 1. The second kappa shape index (κ2) is 9.23. The van der Waals surface area contributed by atoms with Crippen molar-refractivity contribution in [2.24, 2.45) is 0 Å². The summed E-state index contributed by atoms with van der Waals surface area (Å²) in [6, 6.07) is 25.0. The van der Waals surface area contributed by atoms with Crippen molar-refractivity contribution in [1.29, 1.82) is 0 Å². The number of hydrogen-bond acceptors (Lipinski definition) is 2. The van der Waals surface area contributed by atoms with Crippen molar-refractivity contribution in [3.63, 3.8) is 0 Å². The maximum absolute atomic E-state index is 6.26. The molecule has 1 aliphatic rings. The summed E-state index contributed by atoms with van der Waals surface area (Å²) in [7, 11) is 0. The van der Waals surface area contributed by atoms with Crippen LogP contribution in [-0.2, 0) is 13.0 Å². The van der Waals surface area contributed by atoms with Crippen molar-refractivity contribution < 1.29 is 0 Å². The van der Waals surface area contributed by atoms with Gasteiger partial charge in [-0.25, -0.2) is 4.52 Å². The van der Waals surface area contributed by atoms with Gasteiger partial charge in [-0.3, -0.25) is 0 Å². The Kier molecular flexibility index (Phi) is 5.90. The fraction of sp³-hybridized carbons (Fsp3) is 0.200. The van der Waals surface area contributed by atoms with E-state index in [1.807, 2.05) is 12.1 Å². The molecule has 6 heteroatoms. The highest BCUT2D eigenvalue weighted by atomic mass is 35.5. The molecule has 3 heterocycles. The summed E-state index contributed by atoms with van der Waals surface area (Å²) < 4.78 is 4.45. The third-order valence-corrected chi connectivity index (χ3v) is 7.50. The van der Waals surface area contributed by atoms with Crippen molar-refractivity contribution in [3.8, 4) is 22.5 Å². The van der Waals surface area contributed by atoms with Gasteiger partial charge in [-0.2, -0.15) is 0 Å². The Bertz CT molecular complexity index is 1580. The lowest BCUT2D eigenvalue weighted by Gasteiger charge is -2.12. The van der Waals surface area contributed by atoms with Crippen molar-refractivity contribution in [2.45, 2.75) is 39.7 Å². The van der Waals surface area contributed by atoms with Gasteiger partial charge in [-0.05, 0) is 62.9 Å². The lowest BCUT2D eigenvalue weighted by atomic mass is 9.98. The molecule has 4 nitrogen and oxygen atoms in total. The maximum Gasteiger partial charge on any atom is 0.162 e. The van der Waals surface area contributed by atoms with Crippen LogP contribution in [0.2, 0.25) is 5.02 Å². The van der Waals surface area contributed by atoms with Gasteiger partial charge >= 0.3 is 0 Å². The van der Waals surface area contributed by atoms with Gasteiger partial charge in [0, 0.05) is 33.9 Å². The summed E-state index contributed by atoms with van der Waals surface area (Å²) in [6.07, 6.45) is 3.21. The minimum Gasteiger partial charge on any atom is -0.345 e. The van der Waals surface area contributed by atoms with Gasteiger partial charge in [-0.15, -0.1) is 5.10 Å². The van der Waals surface area contributed by atoms with Crippen LogP contribution in [0, 0.1) is 13.8 Å². The zero-order valence-electron chi connectivity index (χ0n) is 20.4. The molecule has 0 unspecified atom stereocenters. The normalized spacial score (nSPS) is 13.1. The third kappa shape index (κ3) is 4.02. The molecule has 0 aliphatic carbocycles. The molecule has 0 atom stereocenters. The summed E-state index contributed by atoms with van der Waals surface area (Å²) in [5.74, 6) is 0.982. The van der Waals surface area contributed by atoms with E-state index >= 15 is 0 Å². The number of rotatable bonds is 4. The van der Waals surface area contributed by atoms with E-state index in [2.05, 4.69) is 88.9 Å². The molecular weight excluding hydrogens is 484 g/mol. The fourth-order valence-corrected chi connectivity index (χ4v) is 5.55. The van der Waals surface area contributed by atoms with Gasteiger partial charge in [-0.1, -0.05) is 83.5 Å². The van der Waals surface area contributed by atoms with E-state index in [9.17, 15) is 0 Å². The first-order valence-electron chi connectivity index (χ1n) is 12.3. The topological polar surface area (TPSA) is 34.3 Å². The molecule has 0 bridgehead atoms. The molecular formula is C30H27ClN4S. The Morgan fingerprint density at radius 1 is 0.861 bits per heavy atom. The number of nitrogens with zero attached hydrogens (tertiary/aromatic N) is 3. The maximum atomic E-state index is 6.26. The Labute approximate surface area is 221 Å². The monoisotopic (exact) mass is 510 g/mol. The van der Waals surface area contributed by atoms with Gasteiger partial charge in [0.15, 0.2) is 5.82 Å². The zero-order valence-corrected chi connectivity index (χ0v) is 22.0. The SMILES string of the molecule is Cc1ccc(NC(=S)c2c(-c3ccc(Cl)cc3)c3c4n(c(-c5ccc(C)cc5)nn24)CCCC3)cc1. The molecule has 36 heavy (non-hydrogen) atoms. The average Bonchev–Trinajstić information content (AvgIpc) is 3.29. The van der Waals surface area contributed by atoms with Gasteiger partial charge in [0.2, 0.25) is 0 Å². The average molecular weight is 511 g/mol. The second-order valence-corrected chi connectivity index (χ2v) is 10.4. The predicted molar refractivity (Wildman–Crippen MR) is 153 cm³/mol. The summed E-state index contributed by atoms with van der Waals surface area (Å²) >= 11 is 12.3. The van der Waals surface area contributed by atoms with Crippen molar-refractivity contribution in [3.05, 3.63) is 100 Å². The van der Waals surface area contributed by atoms with Gasteiger partial charge in [0.05, 0.1) is 0 Å². The Morgan fingerprint density at radius 3 is 2.19 bits per heavy atom. The number of benzene rings is 3. The number of aryl methyl sites for hydroxylation is 4. The van der Waals surface area contributed by atoms with Gasteiger partial charge in [0.25, 0.3) is 0 Å². The molecule has 0 radical (unpaired) electrons. The summed E-state index contributed by atoms with van der Waals surface area (Å²) in [5.41, 5.74) is 10.1. The molecule has 0 amide bonds. The highest BCUT2D eigenvalue weighted by molar-refractivity contribution is 7.81. The highest BCUT2D eigenvalue weighted by Gasteiger charge is 2.29. The molecule has 180 valence electrons. The molecule has 0 spiro atoms. The lowest BCUT2D eigenvalue weighted by molar-refractivity contribution is 0.645. The third-order valence-electron chi connectivity index (χ3n) is 6.95. The van der Waals surface area contributed by atoms with Crippen molar-refractivity contribution in [2.75, 3.05) is 5.32 Å². The van der Waals surface area contributed by atoms with Gasteiger partial charge in [0.1, 0.15) is 16.3 Å². The Hall–Kier alpha value is -3.41. The molecule has 2 aromatic heterocycles. The van der Waals surface area contributed by atoms with E-state index < -0.39 is 0 Å². The van der Waals surface area contributed by atoms with Crippen LogP contribution in [0.5, 0.6) is 0 Å². The van der Waals surface area contributed by atoms with Crippen LogP contribution in [0.25, 0.3) is 28.2 Å². The molecule has 1 aliphatic heterocycles. The number of nitrogens with one attached hydrogen (secondary N) is 1. The van der Waals surface area contributed by atoms with Crippen LogP contribution in [0.1, 0.15) is 35.2 Å². The first-order chi connectivity index (χ1) is 17.5. The van der Waals surface area contributed by atoms with Crippen LogP contribution in [0.15, 0.2) is 72.8 Å². The second-order valence-electron chi connectivity index (χ2n) is 9.56. The quantitative estimate of drug-likeness (QED) is 0.250. The summed E-state index contributed by atoms with van der Waals surface area (Å²) in [4.78, 5) is 0.658. The largest absolute Gasteiger partial charge is 0.345 e. The first kappa shape index (κ1) is 23.0. The van der Waals surface area contributed by atoms with E-state index in [4.69, 9.17) is 28.9 Å². The van der Waals surface area contributed by atoms with Crippen LogP contribution in [0.3, 0.4) is 0 Å². The molecule has 0 saturated carbocycles. The van der Waals surface area contributed by atoms with Crippen molar-refractivity contribution >= 4 is 40.1 Å². The van der Waals surface area contributed by atoms with E-state index in [1.54, 1.807) is 0 Å². The van der Waals surface area contributed by atoms with E-state index in [0.717, 1.165) is 70.4 Å². The number of halogens is 1. The minimum atomic E-state index is 0.658. The molecule has 0 saturated heterocycles. The number of anilines is 1. The summed E-state index contributed by atoms with van der Waals surface area (Å²) in [5, 5.41) is 9.40. The molecule has 1 N–H and O–H groups in total. The molecule has 3 aromatic carbocycles. The standard InChI is InChI=1S/C30H27ClN4S/c1-19-6-10-22(11-7-19)28-33-35-27(29(36)32-24-16-8-20(2)9-17-24)26(21-12-14-23(31)15-13-21)25-5-3-4-18-34(28)30(25)35/h6-17H,3-5,18H2,1-2H3,(H,32,36). The molecule has 5 aromatic rings. The van der Waals surface area contributed by atoms with Gasteiger partial charge < -0.3 is 9.88 Å². The Balaban J connectivity index is 1.60. The van der Waals surface area contributed by atoms with E-state index in [1.165, 1.54) is 16.7 Å². The molecule has 6 rings (SSSR count).